The van der Waals surface area contributed by atoms with Crippen molar-refractivity contribution < 1.29 is 14.6 Å². The second kappa shape index (κ2) is 7.48. The molecule has 1 aromatic carbocycles. The van der Waals surface area contributed by atoms with E-state index in [-0.39, 0.29) is 0 Å². The zero-order valence-corrected chi connectivity index (χ0v) is 13.5. The number of carboxylic acids is 1. The molecule has 0 saturated carbocycles. The normalized spacial score (nSPS) is 14.2. The number of hydrogen-bond donors (Lipinski definition) is 1. The molecule has 18 heavy (non-hydrogen) atoms. The average molecular weight is 400 g/mol. The number of alkyl halides is 2. The van der Waals surface area contributed by atoms with Gasteiger partial charge in [-0.15, -0.1) is 0 Å². The van der Waals surface area contributed by atoms with E-state index in [0.29, 0.717) is 26.1 Å². The Balaban J connectivity index is 2.24. The summed E-state index contributed by atoms with van der Waals surface area (Å²) in [6.45, 7) is 0.959. The molecule has 0 fully saturated rings. The van der Waals surface area contributed by atoms with Gasteiger partial charge in [-0.05, 0) is 24.5 Å². The number of rotatable bonds is 7. The van der Waals surface area contributed by atoms with Crippen molar-refractivity contribution in [3.8, 4) is 0 Å². The van der Waals surface area contributed by atoms with Crippen molar-refractivity contribution in [2.24, 2.45) is 0 Å². The van der Waals surface area contributed by atoms with E-state index in [1.165, 1.54) is 0 Å². The summed E-state index contributed by atoms with van der Waals surface area (Å²) in [5.41, 5.74) is 1.06. The van der Waals surface area contributed by atoms with E-state index in [0.717, 1.165) is 10.0 Å². The maximum atomic E-state index is 10.7. The zero-order valence-electron chi connectivity index (χ0n) is 9.54. The van der Waals surface area contributed by atoms with Crippen LogP contribution in [0.3, 0.4) is 0 Å². The lowest BCUT2D eigenvalue weighted by atomic mass is 10.2. The minimum atomic E-state index is -1.39. The quantitative estimate of drug-likeness (QED) is 0.552. The second-order valence-corrected chi connectivity index (χ2v) is 7.07. The second-order valence-electron chi connectivity index (χ2n) is 3.76. The van der Waals surface area contributed by atoms with Crippen LogP contribution < -0.4 is 0 Å². The number of halogens is 3. The van der Waals surface area contributed by atoms with Crippen LogP contribution in [-0.2, 0) is 16.1 Å². The molecule has 1 aromatic rings. The third-order valence-corrected chi connectivity index (χ3v) is 4.17. The molecule has 1 atom stereocenters. The minimum Gasteiger partial charge on any atom is -0.479 e. The highest BCUT2D eigenvalue weighted by Gasteiger charge is 2.31. The largest absolute Gasteiger partial charge is 0.479 e. The molecule has 0 aromatic heterocycles. The van der Waals surface area contributed by atoms with Gasteiger partial charge < -0.3 is 9.84 Å². The van der Waals surface area contributed by atoms with E-state index in [9.17, 15) is 4.79 Å². The van der Waals surface area contributed by atoms with Crippen molar-refractivity contribution in [1.82, 2.24) is 0 Å². The average Bonchev–Trinajstić information content (AvgIpc) is 2.30. The molecule has 100 valence electrons. The number of ether oxygens (including phenoxy) is 1. The maximum absolute atomic E-state index is 10.7. The number of carboxylic acid groups (broad SMARTS) is 1. The van der Waals surface area contributed by atoms with Crippen molar-refractivity contribution in [3.63, 3.8) is 0 Å². The van der Waals surface area contributed by atoms with Gasteiger partial charge in [0.1, 0.15) is 0 Å². The first kappa shape index (κ1) is 16.0. The summed E-state index contributed by atoms with van der Waals surface area (Å²) in [6, 6.07) is 7.80. The Morgan fingerprint density at radius 2 is 2.11 bits per heavy atom. The molecule has 0 aliphatic carbocycles. The van der Waals surface area contributed by atoms with E-state index in [1.54, 1.807) is 0 Å². The predicted octanol–water partition coefficient (Wildman–Crippen LogP) is 4.16. The molecule has 0 saturated heterocycles. The fourth-order valence-corrected chi connectivity index (χ4v) is 2.11. The van der Waals surface area contributed by atoms with Crippen LogP contribution in [-0.4, -0.2) is 21.5 Å². The molecule has 0 aliphatic heterocycles. The van der Waals surface area contributed by atoms with Crippen LogP contribution in [0.2, 0.25) is 0 Å². The van der Waals surface area contributed by atoms with Gasteiger partial charge in [-0.2, -0.15) is 0 Å². The van der Waals surface area contributed by atoms with E-state index in [4.69, 9.17) is 21.4 Å². The van der Waals surface area contributed by atoms with E-state index in [2.05, 4.69) is 31.9 Å². The molecule has 6 heteroatoms. The lowest BCUT2D eigenvalue weighted by Gasteiger charge is -2.14. The van der Waals surface area contributed by atoms with Gasteiger partial charge in [-0.3, -0.25) is 0 Å². The van der Waals surface area contributed by atoms with Crippen LogP contribution in [0.25, 0.3) is 0 Å². The SMILES string of the molecule is O=C(O)C(Cl)(Br)CCCOCc1ccccc1Br. The molecule has 0 spiro atoms. The molecule has 1 unspecified atom stereocenters. The minimum absolute atomic E-state index is 0.305. The standard InChI is InChI=1S/C12H13Br2ClO3/c13-10-5-2-1-4-9(10)8-18-7-3-6-12(14,15)11(16)17/h1-2,4-5H,3,6-8H2,(H,16,17). The summed E-state index contributed by atoms with van der Waals surface area (Å²) in [5.74, 6) is -1.07. The fourth-order valence-electron chi connectivity index (χ4n) is 1.30. The smallest absolute Gasteiger partial charge is 0.335 e. The van der Waals surface area contributed by atoms with Crippen molar-refractivity contribution >= 4 is 49.4 Å². The van der Waals surface area contributed by atoms with Gasteiger partial charge in [-0.1, -0.05) is 61.7 Å². The summed E-state index contributed by atoms with van der Waals surface area (Å²) >= 11 is 12.1. The Morgan fingerprint density at radius 1 is 1.44 bits per heavy atom. The molecular weight excluding hydrogens is 387 g/mol. The van der Waals surface area contributed by atoms with Crippen LogP contribution in [0, 0.1) is 0 Å². The first-order chi connectivity index (χ1) is 8.43. The predicted molar refractivity (Wildman–Crippen MR) is 78.2 cm³/mol. The van der Waals surface area contributed by atoms with E-state index < -0.39 is 9.75 Å². The van der Waals surface area contributed by atoms with Crippen LogP contribution in [0.4, 0.5) is 0 Å². The Kier molecular flexibility index (Phi) is 6.63. The summed E-state index contributed by atoms with van der Waals surface area (Å²) in [5, 5.41) is 8.79. The molecule has 0 aliphatic rings. The molecule has 0 amide bonds. The van der Waals surface area contributed by atoms with Gasteiger partial charge in [0.15, 0.2) is 3.78 Å². The molecule has 0 heterocycles. The van der Waals surface area contributed by atoms with Crippen molar-refractivity contribution in [1.29, 1.82) is 0 Å². The molecule has 0 bridgehead atoms. The van der Waals surface area contributed by atoms with Crippen LogP contribution >= 0.6 is 43.5 Å². The van der Waals surface area contributed by atoms with Crippen LogP contribution in [0.5, 0.6) is 0 Å². The van der Waals surface area contributed by atoms with Gasteiger partial charge in [0.05, 0.1) is 6.61 Å². The van der Waals surface area contributed by atoms with Gasteiger partial charge in [0.25, 0.3) is 0 Å². The first-order valence-electron chi connectivity index (χ1n) is 5.36. The number of benzene rings is 1. The Morgan fingerprint density at radius 3 is 2.72 bits per heavy atom. The summed E-state index contributed by atoms with van der Waals surface area (Å²) in [7, 11) is 0. The third kappa shape index (κ3) is 5.26. The lowest BCUT2D eigenvalue weighted by Crippen LogP contribution is -2.25. The third-order valence-electron chi connectivity index (χ3n) is 2.31. The van der Waals surface area contributed by atoms with Crippen molar-refractivity contribution in [2.75, 3.05) is 6.61 Å². The van der Waals surface area contributed by atoms with Gasteiger partial charge in [0.2, 0.25) is 0 Å². The number of hydrogen-bond acceptors (Lipinski definition) is 2. The van der Waals surface area contributed by atoms with Crippen molar-refractivity contribution in [3.05, 3.63) is 34.3 Å². The number of carbonyl (C=O) groups is 1. The first-order valence-corrected chi connectivity index (χ1v) is 7.32. The van der Waals surface area contributed by atoms with Crippen molar-refractivity contribution in [2.45, 2.75) is 23.2 Å². The van der Waals surface area contributed by atoms with Crippen LogP contribution in [0.1, 0.15) is 18.4 Å². The number of aliphatic carboxylic acids is 1. The van der Waals surface area contributed by atoms with Gasteiger partial charge in [0, 0.05) is 11.1 Å². The molecule has 0 radical (unpaired) electrons. The zero-order chi connectivity index (χ0) is 13.6. The molecule has 1 N–H and O–H groups in total. The van der Waals surface area contributed by atoms with E-state index in [1.807, 2.05) is 24.3 Å². The van der Waals surface area contributed by atoms with Gasteiger partial charge >= 0.3 is 5.97 Å². The highest BCUT2D eigenvalue weighted by Crippen LogP contribution is 2.29. The summed E-state index contributed by atoms with van der Waals surface area (Å²) in [4.78, 5) is 10.7. The Bertz CT molecular complexity index is 410. The topological polar surface area (TPSA) is 46.5 Å². The molecule has 1 rings (SSSR count). The van der Waals surface area contributed by atoms with Crippen LogP contribution in [0.15, 0.2) is 28.7 Å². The highest BCUT2D eigenvalue weighted by molar-refractivity contribution is 9.11. The summed E-state index contributed by atoms with van der Waals surface area (Å²) in [6.07, 6.45) is 0.880. The monoisotopic (exact) mass is 398 g/mol. The molecular formula is C12H13Br2ClO3. The summed E-state index contributed by atoms with van der Waals surface area (Å²) < 4.78 is 5.09. The van der Waals surface area contributed by atoms with Gasteiger partial charge in [-0.25, -0.2) is 4.79 Å². The lowest BCUT2D eigenvalue weighted by molar-refractivity contribution is -0.137. The fraction of sp³-hybridized carbons (Fsp3) is 0.417. The maximum Gasteiger partial charge on any atom is 0.335 e. The highest BCUT2D eigenvalue weighted by atomic mass is 79.9. The van der Waals surface area contributed by atoms with E-state index >= 15 is 0 Å². The Labute approximate surface area is 128 Å². The molecule has 3 nitrogen and oxygen atoms in total. The Hall–Kier alpha value is -0.100.